The van der Waals surface area contributed by atoms with Crippen LogP contribution in [0, 0.1) is 0 Å². The van der Waals surface area contributed by atoms with Crippen molar-refractivity contribution in [3.8, 4) is 0 Å². The second-order valence-corrected chi connectivity index (χ2v) is 4.24. The van der Waals surface area contributed by atoms with Gasteiger partial charge in [-0.1, -0.05) is 31.2 Å². The van der Waals surface area contributed by atoms with Gasteiger partial charge in [-0.3, -0.25) is 0 Å². The normalized spacial score (nSPS) is 26.5. The van der Waals surface area contributed by atoms with Gasteiger partial charge in [-0.2, -0.15) is 0 Å². The molecule has 1 aliphatic rings. The number of aryl methyl sites for hydroxylation is 1. The summed E-state index contributed by atoms with van der Waals surface area (Å²) in [6.07, 6.45) is 2.78. The molecule has 1 saturated heterocycles. The van der Waals surface area contributed by atoms with Gasteiger partial charge in [0, 0.05) is 6.61 Å². The van der Waals surface area contributed by atoms with Crippen molar-refractivity contribution in [2.24, 2.45) is 0 Å². The van der Waals surface area contributed by atoms with Crippen LogP contribution in [-0.2, 0) is 16.8 Å². The first-order valence-electron chi connectivity index (χ1n) is 5.64. The van der Waals surface area contributed by atoms with E-state index < -0.39 is 5.60 Å². The van der Waals surface area contributed by atoms with Gasteiger partial charge in [0.2, 0.25) is 0 Å². The molecule has 1 N–H and O–H groups in total. The van der Waals surface area contributed by atoms with Crippen LogP contribution in [0.1, 0.15) is 30.9 Å². The van der Waals surface area contributed by atoms with E-state index in [4.69, 9.17) is 4.74 Å². The topological polar surface area (TPSA) is 29.5 Å². The number of hydrogen-bond donors (Lipinski definition) is 1. The Morgan fingerprint density at radius 2 is 2.07 bits per heavy atom. The Morgan fingerprint density at radius 3 is 2.60 bits per heavy atom. The van der Waals surface area contributed by atoms with E-state index in [1.807, 2.05) is 12.1 Å². The molecule has 0 aliphatic carbocycles. The highest BCUT2D eigenvalue weighted by atomic mass is 16.5. The quantitative estimate of drug-likeness (QED) is 0.804. The van der Waals surface area contributed by atoms with Crippen LogP contribution >= 0.6 is 0 Å². The highest BCUT2D eigenvalue weighted by Crippen LogP contribution is 2.30. The fourth-order valence-electron chi connectivity index (χ4n) is 2.06. The average Bonchev–Trinajstić information content (AvgIpc) is 2.30. The van der Waals surface area contributed by atoms with E-state index in [1.54, 1.807) is 0 Å². The lowest BCUT2D eigenvalue weighted by Gasteiger charge is -2.32. The smallest absolute Gasteiger partial charge is 0.113 e. The Labute approximate surface area is 90.9 Å². The van der Waals surface area contributed by atoms with Crippen LogP contribution < -0.4 is 0 Å². The van der Waals surface area contributed by atoms with Gasteiger partial charge in [0.15, 0.2) is 0 Å². The highest BCUT2D eigenvalue weighted by molar-refractivity contribution is 5.27. The molecule has 1 unspecified atom stereocenters. The van der Waals surface area contributed by atoms with E-state index in [0.29, 0.717) is 6.61 Å². The lowest BCUT2D eigenvalue weighted by atomic mass is 9.88. The zero-order valence-corrected chi connectivity index (χ0v) is 9.20. The monoisotopic (exact) mass is 206 g/mol. The minimum atomic E-state index is -0.759. The molecule has 0 amide bonds. The zero-order chi connectivity index (χ0) is 10.7. The third kappa shape index (κ3) is 2.21. The molecule has 2 rings (SSSR count). The minimum absolute atomic E-state index is 0.429. The van der Waals surface area contributed by atoms with Crippen molar-refractivity contribution < 1.29 is 9.84 Å². The minimum Gasteiger partial charge on any atom is -0.383 e. The molecule has 15 heavy (non-hydrogen) atoms. The van der Waals surface area contributed by atoms with E-state index in [1.165, 1.54) is 5.56 Å². The predicted octanol–water partition coefficient (Wildman–Crippen LogP) is 2.25. The van der Waals surface area contributed by atoms with Crippen molar-refractivity contribution >= 4 is 0 Å². The van der Waals surface area contributed by atoms with Crippen LogP contribution in [0.3, 0.4) is 0 Å². The van der Waals surface area contributed by atoms with Crippen LogP contribution in [0.5, 0.6) is 0 Å². The van der Waals surface area contributed by atoms with Crippen LogP contribution in [-0.4, -0.2) is 18.3 Å². The summed E-state index contributed by atoms with van der Waals surface area (Å²) in [4.78, 5) is 0. The van der Waals surface area contributed by atoms with E-state index in [2.05, 4.69) is 19.1 Å². The number of hydrogen-bond acceptors (Lipinski definition) is 2. The van der Waals surface area contributed by atoms with E-state index in [9.17, 15) is 5.11 Å². The zero-order valence-electron chi connectivity index (χ0n) is 9.20. The van der Waals surface area contributed by atoms with Crippen LogP contribution in [0.15, 0.2) is 24.3 Å². The van der Waals surface area contributed by atoms with E-state index >= 15 is 0 Å². The first kappa shape index (κ1) is 10.7. The van der Waals surface area contributed by atoms with Gasteiger partial charge >= 0.3 is 0 Å². The molecule has 1 aromatic rings. The van der Waals surface area contributed by atoms with Crippen LogP contribution in [0.2, 0.25) is 0 Å². The molecule has 1 atom stereocenters. The standard InChI is InChI=1S/C13H18O2/c1-2-11-4-6-12(7-5-11)13(14)8-3-9-15-10-13/h4-7,14H,2-3,8-10H2,1H3. The third-order valence-corrected chi connectivity index (χ3v) is 3.12. The Kier molecular flexibility index (Phi) is 3.08. The summed E-state index contributed by atoms with van der Waals surface area (Å²) in [5.74, 6) is 0. The van der Waals surface area contributed by atoms with Crippen molar-refractivity contribution in [1.82, 2.24) is 0 Å². The molecule has 2 nitrogen and oxygen atoms in total. The maximum Gasteiger partial charge on any atom is 0.113 e. The Hall–Kier alpha value is -0.860. The summed E-state index contributed by atoms with van der Waals surface area (Å²) in [6.45, 7) is 3.33. The van der Waals surface area contributed by atoms with Gasteiger partial charge in [-0.25, -0.2) is 0 Å². The summed E-state index contributed by atoms with van der Waals surface area (Å²) in [5.41, 5.74) is 1.53. The fraction of sp³-hybridized carbons (Fsp3) is 0.538. The lowest BCUT2D eigenvalue weighted by molar-refractivity contribution is -0.0902. The van der Waals surface area contributed by atoms with Crippen molar-refractivity contribution in [1.29, 1.82) is 0 Å². The molecule has 82 valence electrons. The lowest BCUT2D eigenvalue weighted by Crippen LogP contribution is -2.35. The highest BCUT2D eigenvalue weighted by Gasteiger charge is 2.31. The van der Waals surface area contributed by atoms with Crippen LogP contribution in [0.4, 0.5) is 0 Å². The molecule has 1 aliphatic heterocycles. The van der Waals surface area contributed by atoms with Gasteiger partial charge in [-0.15, -0.1) is 0 Å². The SMILES string of the molecule is CCc1ccc(C2(O)CCCOC2)cc1. The second kappa shape index (κ2) is 4.33. The summed E-state index contributed by atoms with van der Waals surface area (Å²) >= 11 is 0. The van der Waals surface area contributed by atoms with Crippen LogP contribution in [0.25, 0.3) is 0 Å². The largest absolute Gasteiger partial charge is 0.383 e. The Bertz CT molecular complexity index is 310. The van der Waals surface area contributed by atoms with Gasteiger partial charge in [0.25, 0.3) is 0 Å². The molecule has 1 heterocycles. The maximum atomic E-state index is 10.4. The van der Waals surface area contributed by atoms with E-state index in [-0.39, 0.29) is 0 Å². The number of rotatable bonds is 2. The van der Waals surface area contributed by atoms with Crippen molar-refractivity contribution in [2.45, 2.75) is 31.8 Å². The van der Waals surface area contributed by atoms with E-state index in [0.717, 1.165) is 31.4 Å². The third-order valence-electron chi connectivity index (χ3n) is 3.12. The Balaban J connectivity index is 2.20. The van der Waals surface area contributed by atoms with Crippen molar-refractivity contribution in [3.05, 3.63) is 35.4 Å². The van der Waals surface area contributed by atoms with Gasteiger partial charge in [0.1, 0.15) is 5.60 Å². The number of benzene rings is 1. The maximum absolute atomic E-state index is 10.4. The molecule has 0 spiro atoms. The Morgan fingerprint density at radius 1 is 1.33 bits per heavy atom. The van der Waals surface area contributed by atoms with Crippen molar-refractivity contribution in [2.75, 3.05) is 13.2 Å². The first-order chi connectivity index (χ1) is 7.24. The molecule has 0 radical (unpaired) electrons. The summed E-state index contributed by atoms with van der Waals surface area (Å²) in [6, 6.07) is 8.21. The molecule has 1 aromatic carbocycles. The molecule has 1 fully saturated rings. The van der Waals surface area contributed by atoms with Gasteiger partial charge < -0.3 is 9.84 Å². The fourth-order valence-corrected chi connectivity index (χ4v) is 2.06. The molecule has 0 bridgehead atoms. The first-order valence-corrected chi connectivity index (χ1v) is 5.64. The summed E-state index contributed by atoms with van der Waals surface area (Å²) in [5, 5.41) is 10.4. The molecule has 0 saturated carbocycles. The molecule has 2 heteroatoms. The number of aliphatic hydroxyl groups is 1. The summed E-state index contributed by atoms with van der Waals surface area (Å²) in [7, 11) is 0. The second-order valence-electron chi connectivity index (χ2n) is 4.24. The van der Waals surface area contributed by atoms with Gasteiger partial charge in [-0.05, 0) is 30.4 Å². The average molecular weight is 206 g/mol. The summed E-state index contributed by atoms with van der Waals surface area (Å²) < 4.78 is 5.35. The predicted molar refractivity (Wildman–Crippen MR) is 59.8 cm³/mol. The molecule has 0 aromatic heterocycles. The van der Waals surface area contributed by atoms with Gasteiger partial charge in [0.05, 0.1) is 6.61 Å². The van der Waals surface area contributed by atoms with Crippen molar-refractivity contribution in [3.63, 3.8) is 0 Å². The molecular formula is C13H18O2. The number of ether oxygens (including phenoxy) is 1. The molecular weight excluding hydrogens is 188 g/mol.